The van der Waals surface area contributed by atoms with E-state index in [0.29, 0.717) is 0 Å². The van der Waals surface area contributed by atoms with E-state index in [4.69, 9.17) is 17.3 Å². The van der Waals surface area contributed by atoms with Gasteiger partial charge in [-0.3, -0.25) is 0 Å². The van der Waals surface area contributed by atoms with Gasteiger partial charge in [0.25, 0.3) is 0 Å². The quantitative estimate of drug-likeness (QED) is 0.629. The van der Waals surface area contributed by atoms with Crippen molar-refractivity contribution in [3.05, 3.63) is 28.3 Å². The second kappa shape index (κ2) is 4.85. The van der Waals surface area contributed by atoms with Gasteiger partial charge in [-0.15, -0.1) is 0 Å². The van der Waals surface area contributed by atoms with Gasteiger partial charge < -0.3 is 15.2 Å². The van der Waals surface area contributed by atoms with Crippen LogP contribution in [0.4, 0.5) is 5.69 Å². The first kappa shape index (κ1) is 12.3. The molecule has 0 atom stereocenters. The molecule has 0 heterocycles. The molecule has 0 aliphatic rings. The topological polar surface area (TPSA) is 78.6 Å². The van der Waals surface area contributed by atoms with E-state index in [-0.39, 0.29) is 21.8 Å². The van der Waals surface area contributed by atoms with E-state index in [0.717, 1.165) is 0 Å². The summed E-state index contributed by atoms with van der Waals surface area (Å²) < 4.78 is 9.02. The lowest BCUT2D eigenvalue weighted by Crippen LogP contribution is -2.11. The van der Waals surface area contributed by atoms with Gasteiger partial charge in [-0.2, -0.15) is 0 Å². The highest BCUT2D eigenvalue weighted by Gasteiger charge is 2.21. The number of ether oxygens (including phenoxy) is 2. The van der Waals surface area contributed by atoms with Gasteiger partial charge in [0.1, 0.15) is 5.56 Å². The van der Waals surface area contributed by atoms with Gasteiger partial charge in [-0.05, 0) is 12.1 Å². The Morgan fingerprint density at radius 3 is 2.25 bits per heavy atom. The molecule has 0 aliphatic carbocycles. The summed E-state index contributed by atoms with van der Waals surface area (Å²) in [6.07, 6.45) is 0. The third-order valence-electron chi connectivity index (χ3n) is 1.97. The third kappa shape index (κ3) is 2.09. The van der Waals surface area contributed by atoms with Gasteiger partial charge in [0, 0.05) is 5.69 Å². The standard InChI is InChI=1S/C10H10ClNO4/c1-15-9(13)5-3-4-6(12)7(8(5)11)10(14)16-2/h3-4H,12H2,1-2H3. The summed E-state index contributed by atoms with van der Waals surface area (Å²) in [5.41, 5.74) is 5.75. The predicted molar refractivity (Wildman–Crippen MR) is 58.5 cm³/mol. The number of rotatable bonds is 2. The molecule has 0 saturated carbocycles. The number of hydrogen-bond acceptors (Lipinski definition) is 5. The third-order valence-corrected chi connectivity index (χ3v) is 2.36. The molecule has 5 nitrogen and oxygen atoms in total. The monoisotopic (exact) mass is 243 g/mol. The summed E-state index contributed by atoms with van der Waals surface area (Å²) >= 11 is 5.88. The fourth-order valence-corrected chi connectivity index (χ4v) is 1.49. The largest absolute Gasteiger partial charge is 0.465 e. The summed E-state index contributed by atoms with van der Waals surface area (Å²) in [5.74, 6) is -1.34. The highest BCUT2D eigenvalue weighted by Crippen LogP contribution is 2.27. The minimum absolute atomic E-state index is 0.0351. The number of methoxy groups -OCH3 is 2. The van der Waals surface area contributed by atoms with E-state index in [1.54, 1.807) is 0 Å². The lowest BCUT2D eigenvalue weighted by molar-refractivity contribution is 0.0600. The van der Waals surface area contributed by atoms with Gasteiger partial charge in [0.15, 0.2) is 0 Å². The van der Waals surface area contributed by atoms with Gasteiger partial charge in [0.05, 0.1) is 24.8 Å². The molecule has 1 aromatic rings. The van der Waals surface area contributed by atoms with Crippen LogP contribution in [-0.4, -0.2) is 26.2 Å². The van der Waals surface area contributed by atoms with E-state index < -0.39 is 11.9 Å². The van der Waals surface area contributed by atoms with Crippen molar-refractivity contribution in [2.75, 3.05) is 20.0 Å². The molecule has 0 saturated heterocycles. The normalized spacial score (nSPS) is 9.69. The number of carbonyl (C=O) groups is 2. The Bertz CT molecular complexity index is 445. The molecule has 86 valence electrons. The van der Waals surface area contributed by atoms with Crippen molar-refractivity contribution in [1.82, 2.24) is 0 Å². The number of halogens is 1. The van der Waals surface area contributed by atoms with Gasteiger partial charge >= 0.3 is 11.9 Å². The number of esters is 2. The Kier molecular flexibility index (Phi) is 3.73. The van der Waals surface area contributed by atoms with Crippen LogP contribution < -0.4 is 5.73 Å². The maximum Gasteiger partial charge on any atom is 0.341 e. The van der Waals surface area contributed by atoms with Crippen LogP contribution in [0.25, 0.3) is 0 Å². The van der Waals surface area contributed by atoms with Crippen molar-refractivity contribution in [3.63, 3.8) is 0 Å². The summed E-state index contributed by atoms with van der Waals surface area (Å²) in [4.78, 5) is 22.7. The number of benzene rings is 1. The lowest BCUT2D eigenvalue weighted by atomic mass is 10.1. The fourth-order valence-electron chi connectivity index (χ4n) is 1.17. The number of hydrogen-bond donors (Lipinski definition) is 1. The molecule has 0 aromatic heterocycles. The highest BCUT2D eigenvalue weighted by atomic mass is 35.5. The van der Waals surface area contributed by atoms with Crippen LogP contribution in [0.5, 0.6) is 0 Å². The Morgan fingerprint density at radius 1 is 1.19 bits per heavy atom. The first-order valence-electron chi connectivity index (χ1n) is 4.27. The van der Waals surface area contributed by atoms with Crippen molar-refractivity contribution in [3.8, 4) is 0 Å². The zero-order valence-corrected chi connectivity index (χ0v) is 9.50. The minimum Gasteiger partial charge on any atom is -0.465 e. The van der Waals surface area contributed by atoms with Crippen LogP contribution in [0, 0.1) is 0 Å². The van der Waals surface area contributed by atoms with Gasteiger partial charge in [0.2, 0.25) is 0 Å². The zero-order valence-electron chi connectivity index (χ0n) is 8.74. The van der Waals surface area contributed by atoms with Crippen LogP contribution in [0.3, 0.4) is 0 Å². The Labute approximate surface area is 97.1 Å². The Hall–Kier alpha value is -1.75. The molecule has 6 heteroatoms. The molecule has 1 rings (SSSR count). The maximum absolute atomic E-state index is 11.4. The Morgan fingerprint density at radius 2 is 1.75 bits per heavy atom. The van der Waals surface area contributed by atoms with Crippen molar-refractivity contribution in [2.45, 2.75) is 0 Å². The van der Waals surface area contributed by atoms with Crippen molar-refractivity contribution >= 4 is 29.2 Å². The Balaban J connectivity index is 3.38. The molecule has 16 heavy (non-hydrogen) atoms. The van der Waals surface area contributed by atoms with Crippen molar-refractivity contribution in [2.24, 2.45) is 0 Å². The lowest BCUT2D eigenvalue weighted by Gasteiger charge is -2.09. The van der Waals surface area contributed by atoms with E-state index in [1.165, 1.54) is 26.4 Å². The molecule has 0 radical (unpaired) electrons. The fraction of sp³-hybridized carbons (Fsp3) is 0.200. The van der Waals surface area contributed by atoms with Crippen LogP contribution >= 0.6 is 11.6 Å². The SMILES string of the molecule is COC(=O)c1ccc(N)c(C(=O)OC)c1Cl. The molecule has 0 bridgehead atoms. The smallest absolute Gasteiger partial charge is 0.341 e. The van der Waals surface area contributed by atoms with Crippen LogP contribution in [-0.2, 0) is 9.47 Å². The zero-order chi connectivity index (χ0) is 12.3. The second-order valence-corrected chi connectivity index (χ2v) is 3.25. The average molecular weight is 244 g/mol. The number of nitrogens with two attached hydrogens (primary N) is 1. The summed E-state index contributed by atoms with van der Waals surface area (Å²) in [6, 6.07) is 2.78. The summed E-state index contributed by atoms with van der Waals surface area (Å²) in [6.45, 7) is 0. The molecule has 1 aromatic carbocycles. The van der Waals surface area contributed by atoms with Crippen LogP contribution in [0.2, 0.25) is 5.02 Å². The molecular formula is C10H10ClNO4. The summed E-state index contributed by atoms with van der Waals surface area (Å²) in [7, 11) is 2.41. The molecular weight excluding hydrogens is 234 g/mol. The van der Waals surface area contributed by atoms with E-state index in [2.05, 4.69) is 9.47 Å². The average Bonchev–Trinajstić information content (AvgIpc) is 2.28. The summed E-state index contributed by atoms with van der Waals surface area (Å²) in [5, 5.41) is -0.0706. The van der Waals surface area contributed by atoms with Crippen molar-refractivity contribution in [1.29, 1.82) is 0 Å². The highest BCUT2D eigenvalue weighted by molar-refractivity contribution is 6.37. The molecule has 0 aliphatic heterocycles. The molecule has 0 spiro atoms. The molecule has 2 N–H and O–H groups in total. The van der Waals surface area contributed by atoms with Crippen LogP contribution in [0.1, 0.15) is 20.7 Å². The van der Waals surface area contributed by atoms with Crippen molar-refractivity contribution < 1.29 is 19.1 Å². The first-order valence-corrected chi connectivity index (χ1v) is 4.65. The van der Waals surface area contributed by atoms with E-state index in [1.807, 2.05) is 0 Å². The molecule has 0 fully saturated rings. The number of nitrogen functional groups attached to an aromatic ring is 1. The van der Waals surface area contributed by atoms with Gasteiger partial charge in [-0.1, -0.05) is 11.6 Å². The maximum atomic E-state index is 11.4. The molecule has 0 amide bonds. The number of carbonyl (C=O) groups excluding carboxylic acids is 2. The second-order valence-electron chi connectivity index (χ2n) is 2.87. The van der Waals surface area contributed by atoms with Gasteiger partial charge in [-0.25, -0.2) is 9.59 Å². The van der Waals surface area contributed by atoms with E-state index in [9.17, 15) is 9.59 Å². The minimum atomic E-state index is -0.701. The number of anilines is 1. The predicted octanol–water partition coefficient (Wildman–Crippen LogP) is 1.50. The van der Waals surface area contributed by atoms with E-state index >= 15 is 0 Å². The first-order chi connectivity index (χ1) is 7.52. The molecule has 0 unspecified atom stereocenters. The van der Waals surface area contributed by atoms with Crippen LogP contribution in [0.15, 0.2) is 12.1 Å².